The second-order valence-electron chi connectivity index (χ2n) is 4.01. The van der Waals surface area contributed by atoms with Crippen molar-refractivity contribution in [1.82, 2.24) is 0 Å². The first-order valence-electron chi connectivity index (χ1n) is 6.03. The van der Waals surface area contributed by atoms with Gasteiger partial charge >= 0.3 is 0 Å². The van der Waals surface area contributed by atoms with Crippen molar-refractivity contribution in [3.05, 3.63) is 70.2 Å². The lowest BCUT2D eigenvalue weighted by molar-refractivity contribution is 1.25. The Morgan fingerprint density at radius 3 is 2.50 bits per heavy atom. The monoisotopic (exact) mass is 347 g/mol. The van der Waals surface area contributed by atoms with Crippen LogP contribution in [0.1, 0.15) is 11.1 Å². The molecule has 0 saturated heterocycles. The summed E-state index contributed by atoms with van der Waals surface area (Å²) >= 11 is 4.86. The lowest BCUT2D eigenvalue weighted by atomic mass is 10.2. The van der Waals surface area contributed by atoms with E-state index in [1.54, 1.807) is 6.21 Å². The minimum atomic E-state index is 0.460. The summed E-state index contributed by atoms with van der Waals surface area (Å²) < 4.78 is 1.04. The molecule has 0 aliphatic rings. The van der Waals surface area contributed by atoms with E-state index in [0.717, 1.165) is 15.8 Å². The van der Waals surface area contributed by atoms with Gasteiger partial charge in [0.05, 0.1) is 6.21 Å². The zero-order valence-corrected chi connectivity index (χ0v) is 13.1. The molecule has 0 saturated carbocycles. The summed E-state index contributed by atoms with van der Waals surface area (Å²) in [6.45, 7) is 0. The molecule has 3 nitrogen and oxygen atoms in total. The zero-order valence-electron chi connectivity index (χ0n) is 10.7. The summed E-state index contributed by atoms with van der Waals surface area (Å²) in [7, 11) is 0. The normalized spacial score (nSPS) is 11.9. The number of hydrogen-bond acceptors (Lipinski definition) is 3. The molecule has 0 aliphatic carbocycles. The van der Waals surface area contributed by atoms with Gasteiger partial charge in [0.15, 0.2) is 5.17 Å². The fourth-order valence-electron chi connectivity index (χ4n) is 1.46. The Morgan fingerprint density at radius 2 is 1.80 bits per heavy atom. The lowest BCUT2D eigenvalue weighted by Crippen LogP contribution is -2.05. The fourth-order valence-corrected chi connectivity index (χ4v) is 2.34. The van der Waals surface area contributed by atoms with Crippen LogP contribution < -0.4 is 5.73 Å². The Kier molecular flexibility index (Phi) is 5.83. The molecule has 0 amide bonds. The number of benzene rings is 2. The van der Waals surface area contributed by atoms with E-state index in [0.29, 0.717) is 5.17 Å². The van der Waals surface area contributed by atoms with Gasteiger partial charge in [-0.15, -0.1) is 5.10 Å². The summed E-state index contributed by atoms with van der Waals surface area (Å²) in [5.74, 6) is 0.796. The minimum Gasteiger partial charge on any atom is -0.377 e. The largest absolute Gasteiger partial charge is 0.377 e. The van der Waals surface area contributed by atoms with Crippen LogP contribution in [0.4, 0.5) is 0 Å². The van der Waals surface area contributed by atoms with Crippen molar-refractivity contribution in [2.75, 3.05) is 0 Å². The summed E-state index contributed by atoms with van der Waals surface area (Å²) in [5.41, 5.74) is 8.00. The number of rotatable bonds is 4. The molecular weight excluding hydrogens is 334 g/mol. The van der Waals surface area contributed by atoms with Crippen molar-refractivity contribution >= 4 is 39.1 Å². The van der Waals surface area contributed by atoms with E-state index < -0.39 is 0 Å². The second-order valence-corrected chi connectivity index (χ2v) is 5.92. The second kappa shape index (κ2) is 7.87. The van der Waals surface area contributed by atoms with Gasteiger partial charge in [-0.05, 0) is 23.3 Å². The first kappa shape index (κ1) is 14.8. The predicted molar refractivity (Wildman–Crippen MR) is 91.1 cm³/mol. The van der Waals surface area contributed by atoms with E-state index in [9.17, 15) is 0 Å². The van der Waals surface area contributed by atoms with Gasteiger partial charge < -0.3 is 5.73 Å². The van der Waals surface area contributed by atoms with E-state index in [1.807, 2.05) is 42.5 Å². The maximum absolute atomic E-state index is 5.80. The van der Waals surface area contributed by atoms with Crippen LogP contribution in [0.3, 0.4) is 0 Å². The van der Waals surface area contributed by atoms with E-state index in [4.69, 9.17) is 5.73 Å². The molecule has 0 unspecified atom stereocenters. The topological polar surface area (TPSA) is 50.7 Å². The molecule has 2 rings (SSSR count). The number of hydrogen-bond donors (Lipinski definition) is 1. The van der Waals surface area contributed by atoms with Crippen molar-refractivity contribution < 1.29 is 0 Å². The molecule has 0 atom stereocenters. The average Bonchev–Trinajstić information content (AvgIpc) is 2.48. The molecule has 0 heterocycles. The van der Waals surface area contributed by atoms with Crippen molar-refractivity contribution in [3.8, 4) is 0 Å². The molecular formula is C15H14BrN3S. The third kappa shape index (κ3) is 5.19. The standard InChI is InChI=1S/C15H14BrN3S/c16-14-8-6-12(7-9-14)10-18-19-15(17)20-11-13-4-2-1-3-5-13/h1-10H,11H2,(H2,17,19). The van der Waals surface area contributed by atoms with Gasteiger partial charge in [-0.1, -0.05) is 70.2 Å². The van der Waals surface area contributed by atoms with Crippen LogP contribution in [0.15, 0.2) is 69.3 Å². The van der Waals surface area contributed by atoms with Crippen LogP contribution in [0.25, 0.3) is 0 Å². The molecule has 2 aromatic rings. The summed E-state index contributed by atoms with van der Waals surface area (Å²) in [5, 5.41) is 8.42. The van der Waals surface area contributed by atoms with Gasteiger partial charge in [0.1, 0.15) is 0 Å². The van der Waals surface area contributed by atoms with Crippen LogP contribution in [0.2, 0.25) is 0 Å². The maximum Gasteiger partial charge on any atom is 0.180 e. The molecule has 2 aromatic carbocycles. The number of amidine groups is 1. The minimum absolute atomic E-state index is 0.460. The maximum atomic E-state index is 5.80. The lowest BCUT2D eigenvalue weighted by Gasteiger charge is -1.99. The molecule has 0 bridgehead atoms. The molecule has 0 fully saturated rings. The van der Waals surface area contributed by atoms with Crippen LogP contribution in [-0.4, -0.2) is 11.4 Å². The van der Waals surface area contributed by atoms with Gasteiger partial charge in [0.2, 0.25) is 0 Å². The van der Waals surface area contributed by atoms with Crippen molar-refractivity contribution in [2.24, 2.45) is 15.9 Å². The highest BCUT2D eigenvalue weighted by atomic mass is 79.9. The van der Waals surface area contributed by atoms with E-state index >= 15 is 0 Å². The van der Waals surface area contributed by atoms with E-state index in [2.05, 4.69) is 38.3 Å². The first-order chi connectivity index (χ1) is 9.74. The van der Waals surface area contributed by atoms with Crippen LogP contribution in [0.5, 0.6) is 0 Å². The molecule has 2 N–H and O–H groups in total. The van der Waals surface area contributed by atoms with Gasteiger partial charge in [-0.3, -0.25) is 0 Å². The molecule has 20 heavy (non-hydrogen) atoms. The molecule has 102 valence electrons. The van der Waals surface area contributed by atoms with Gasteiger partial charge in [-0.2, -0.15) is 5.10 Å². The van der Waals surface area contributed by atoms with Crippen LogP contribution in [-0.2, 0) is 5.75 Å². The van der Waals surface area contributed by atoms with Crippen LogP contribution >= 0.6 is 27.7 Å². The third-order valence-electron chi connectivity index (χ3n) is 2.46. The highest BCUT2D eigenvalue weighted by Gasteiger charge is 1.95. The Labute approximate surface area is 131 Å². The molecule has 0 aliphatic heterocycles. The van der Waals surface area contributed by atoms with Crippen LogP contribution in [0, 0.1) is 0 Å². The number of halogens is 1. The van der Waals surface area contributed by atoms with Crippen molar-refractivity contribution in [3.63, 3.8) is 0 Å². The number of nitrogens with zero attached hydrogens (tertiary/aromatic N) is 2. The van der Waals surface area contributed by atoms with Crippen molar-refractivity contribution in [2.45, 2.75) is 5.75 Å². The van der Waals surface area contributed by atoms with Gasteiger partial charge in [0, 0.05) is 10.2 Å². The Hall–Kier alpha value is -1.59. The van der Waals surface area contributed by atoms with E-state index in [1.165, 1.54) is 17.3 Å². The smallest absolute Gasteiger partial charge is 0.180 e. The highest BCUT2D eigenvalue weighted by Crippen LogP contribution is 2.12. The molecule has 0 radical (unpaired) electrons. The Bertz CT molecular complexity index is 594. The molecule has 0 aromatic heterocycles. The number of nitrogens with two attached hydrogens (primary N) is 1. The summed E-state index contributed by atoms with van der Waals surface area (Å²) in [6, 6.07) is 18.0. The molecule has 0 spiro atoms. The van der Waals surface area contributed by atoms with Gasteiger partial charge in [0.25, 0.3) is 0 Å². The third-order valence-corrected chi connectivity index (χ3v) is 3.85. The average molecular weight is 348 g/mol. The van der Waals surface area contributed by atoms with E-state index in [-0.39, 0.29) is 0 Å². The zero-order chi connectivity index (χ0) is 14.2. The SMILES string of the molecule is NC(=NN=Cc1ccc(Br)cc1)SCc1ccccc1. The summed E-state index contributed by atoms with van der Waals surface area (Å²) in [6.07, 6.45) is 1.68. The first-order valence-corrected chi connectivity index (χ1v) is 7.81. The molecule has 5 heteroatoms. The quantitative estimate of drug-likeness (QED) is 0.515. The van der Waals surface area contributed by atoms with Gasteiger partial charge in [-0.25, -0.2) is 0 Å². The Balaban J connectivity index is 1.86. The summed E-state index contributed by atoms with van der Waals surface area (Å²) in [4.78, 5) is 0. The van der Waals surface area contributed by atoms with Crippen molar-refractivity contribution in [1.29, 1.82) is 0 Å². The fraction of sp³-hybridized carbons (Fsp3) is 0.0667. The predicted octanol–water partition coefficient (Wildman–Crippen LogP) is 4.03. The highest BCUT2D eigenvalue weighted by molar-refractivity contribution is 9.10. The number of thioether (sulfide) groups is 1. The Morgan fingerprint density at radius 1 is 1.10 bits per heavy atom.